The Kier molecular flexibility index (Phi) is 3.17. The summed E-state index contributed by atoms with van der Waals surface area (Å²) < 4.78 is 5.02. The van der Waals surface area contributed by atoms with Crippen LogP contribution in [-0.4, -0.2) is 44.5 Å². The van der Waals surface area contributed by atoms with Crippen molar-refractivity contribution in [2.75, 3.05) is 7.11 Å². The first-order valence-electron chi connectivity index (χ1n) is 5.15. The molecule has 0 aliphatic carbocycles. The van der Waals surface area contributed by atoms with Crippen molar-refractivity contribution < 1.29 is 24.9 Å². The number of ether oxygens (including phenoxy) is 1. The third kappa shape index (κ3) is 2.13. The fourth-order valence-corrected chi connectivity index (χ4v) is 1.56. The maximum atomic E-state index is 10.6. The van der Waals surface area contributed by atoms with E-state index in [4.69, 9.17) is 9.84 Å². The summed E-state index contributed by atoms with van der Waals surface area (Å²) in [4.78, 5) is 17.3. The predicted molar refractivity (Wildman–Crippen MR) is 61.2 cm³/mol. The molecule has 7 nitrogen and oxygen atoms in total. The summed E-state index contributed by atoms with van der Waals surface area (Å²) in [6.45, 7) is 0. The molecule has 0 amide bonds. The van der Waals surface area contributed by atoms with E-state index in [-0.39, 0.29) is 5.82 Å². The highest BCUT2D eigenvalue weighted by Crippen LogP contribution is 2.22. The van der Waals surface area contributed by atoms with E-state index < -0.39 is 18.2 Å². The third-order valence-corrected chi connectivity index (χ3v) is 2.54. The highest BCUT2D eigenvalue weighted by molar-refractivity contribution is 5.77. The van der Waals surface area contributed by atoms with Gasteiger partial charge in [-0.05, 0) is 12.1 Å². The normalized spacial score (nSPS) is 14.4. The highest BCUT2D eigenvalue weighted by atomic mass is 16.5. The van der Waals surface area contributed by atoms with Crippen LogP contribution in [0.1, 0.15) is 11.9 Å². The first kappa shape index (κ1) is 12.3. The molecular formula is C11H12N2O5. The molecule has 0 saturated carbocycles. The zero-order valence-electron chi connectivity index (χ0n) is 9.49. The van der Waals surface area contributed by atoms with Crippen molar-refractivity contribution in [2.45, 2.75) is 12.2 Å². The number of aliphatic carboxylic acids is 1. The van der Waals surface area contributed by atoms with Crippen LogP contribution in [0.15, 0.2) is 18.2 Å². The molecule has 0 radical (unpaired) electrons. The molecule has 0 bridgehead atoms. The first-order chi connectivity index (χ1) is 8.52. The van der Waals surface area contributed by atoms with Crippen molar-refractivity contribution in [1.82, 2.24) is 9.97 Å². The Bertz CT molecular complexity index is 580. The first-order valence-corrected chi connectivity index (χ1v) is 5.15. The Morgan fingerprint density at radius 2 is 2.17 bits per heavy atom. The van der Waals surface area contributed by atoms with Gasteiger partial charge in [0.05, 0.1) is 18.1 Å². The maximum Gasteiger partial charge on any atom is 0.335 e. The molecule has 0 spiro atoms. The third-order valence-electron chi connectivity index (χ3n) is 2.54. The molecule has 2 rings (SSSR count). The number of hydrogen-bond acceptors (Lipinski definition) is 5. The Labute approximate surface area is 102 Å². The van der Waals surface area contributed by atoms with Crippen LogP contribution in [0.5, 0.6) is 5.75 Å². The molecular weight excluding hydrogens is 240 g/mol. The van der Waals surface area contributed by atoms with Gasteiger partial charge in [0, 0.05) is 6.07 Å². The van der Waals surface area contributed by atoms with Gasteiger partial charge in [-0.15, -0.1) is 0 Å². The summed E-state index contributed by atoms with van der Waals surface area (Å²) in [6, 6.07) is 5.01. The number of imidazole rings is 1. The summed E-state index contributed by atoms with van der Waals surface area (Å²) in [6.07, 6.45) is -3.53. The number of hydrogen-bond donors (Lipinski definition) is 4. The lowest BCUT2D eigenvalue weighted by Crippen LogP contribution is -2.28. The number of aromatic amines is 1. The number of fused-ring (bicyclic) bond motifs is 1. The topological polar surface area (TPSA) is 116 Å². The number of carboxylic acid groups (broad SMARTS) is 1. The van der Waals surface area contributed by atoms with E-state index in [1.54, 1.807) is 18.2 Å². The van der Waals surface area contributed by atoms with Crippen LogP contribution in [0.3, 0.4) is 0 Å². The summed E-state index contributed by atoms with van der Waals surface area (Å²) in [5, 5.41) is 27.5. The molecule has 1 heterocycles. The van der Waals surface area contributed by atoms with Gasteiger partial charge >= 0.3 is 5.97 Å². The molecule has 18 heavy (non-hydrogen) atoms. The Balaban J connectivity index is 2.37. The smallest absolute Gasteiger partial charge is 0.335 e. The fourth-order valence-electron chi connectivity index (χ4n) is 1.56. The second-order valence-corrected chi connectivity index (χ2v) is 3.73. The van der Waals surface area contributed by atoms with Crippen LogP contribution in [0.2, 0.25) is 0 Å². The van der Waals surface area contributed by atoms with Crippen molar-refractivity contribution in [3.05, 3.63) is 24.0 Å². The van der Waals surface area contributed by atoms with E-state index in [0.717, 1.165) is 0 Å². The zero-order chi connectivity index (χ0) is 13.3. The van der Waals surface area contributed by atoms with E-state index in [1.807, 2.05) is 0 Å². The monoisotopic (exact) mass is 252 g/mol. The Morgan fingerprint density at radius 3 is 2.78 bits per heavy atom. The molecule has 1 aromatic carbocycles. The molecule has 0 fully saturated rings. The Morgan fingerprint density at radius 1 is 1.44 bits per heavy atom. The number of aromatic nitrogens is 2. The van der Waals surface area contributed by atoms with Gasteiger partial charge in [-0.1, -0.05) is 0 Å². The fraction of sp³-hybridized carbons (Fsp3) is 0.273. The number of methoxy groups -OCH3 is 1. The average Bonchev–Trinajstić information content (AvgIpc) is 2.79. The van der Waals surface area contributed by atoms with Gasteiger partial charge in [-0.2, -0.15) is 0 Å². The van der Waals surface area contributed by atoms with Crippen molar-refractivity contribution in [3.63, 3.8) is 0 Å². The second-order valence-electron chi connectivity index (χ2n) is 3.73. The molecule has 0 saturated heterocycles. The van der Waals surface area contributed by atoms with Gasteiger partial charge < -0.3 is 25.0 Å². The standard InChI is InChI=1S/C11H12N2O5/c1-18-5-2-3-6-7(4-5)13-10(12-6)8(14)9(15)11(16)17/h2-4,8-9,14-15H,1H3,(H,12,13)(H,16,17)/t8-,9-/m1/s1. The van der Waals surface area contributed by atoms with Crippen molar-refractivity contribution in [1.29, 1.82) is 0 Å². The molecule has 4 N–H and O–H groups in total. The van der Waals surface area contributed by atoms with Crippen LogP contribution >= 0.6 is 0 Å². The van der Waals surface area contributed by atoms with Crippen molar-refractivity contribution in [3.8, 4) is 5.75 Å². The molecule has 0 unspecified atom stereocenters. The zero-order valence-corrected chi connectivity index (χ0v) is 9.49. The van der Waals surface area contributed by atoms with Gasteiger partial charge in [0.1, 0.15) is 17.7 Å². The van der Waals surface area contributed by atoms with E-state index >= 15 is 0 Å². The quantitative estimate of drug-likeness (QED) is 0.611. The number of aliphatic hydroxyl groups is 2. The molecule has 0 aliphatic heterocycles. The SMILES string of the molecule is COc1ccc2nc([C@H](O)[C@@H](O)C(=O)O)[nH]c2c1. The summed E-state index contributed by atoms with van der Waals surface area (Å²) in [5.41, 5.74) is 1.13. The van der Waals surface area contributed by atoms with Gasteiger partial charge in [-0.25, -0.2) is 9.78 Å². The highest BCUT2D eigenvalue weighted by Gasteiger charge is 2.27. The second kappa shape index (κ2) is 4.63. The van der Waals surface area contributed by atoms with Gasteiger partial charge in [0.2, 0.25) is 0 Å². The van der Waals surface area contributed by atoms with Crippen LogP contribution in [0.4, 0.5) is 0 Å². The molecule has 1 aromatic heterocycles. The van der Waals surface area contributed by atoms with Crippen molar-refractivity contribution in [2.24, 2.45) is 0 Å². The molecule has 0 aliphatic rings. The van der Waals surface area contributed by atoms with E-state index in [9.17, 15) is 15.0 Å². The summed E-state index contributed by atoms with van der Waals surface area (Å²) >= 11 is 0. The number of rotatable bonds is 4. The van der Waals surface area contributed by atoms with Gasteiger partial charge in [-0.3, -0.25) is 0 Å². The minimum absolute atomic E-state index is 0.00634. The number of H-pyrrole nitrogens is 1. The van der Waals surface area contributed by atoms with Crippen LogP contribution < -0.4 is 4.74 Å². The number of benzene rings is 1. The molecule has 2 aromatic rings. The number of nitrogens with one attached hydrogen (secondary N) is 1. The van der Waals surface area contributed by atoms with Crippen molar-refractivity contribution >= 4 is 17.0 Å². The predicted octanol–water partition coefficient (Wildman–Crippen LogP) is 0.0504. The molecule has 96 valence electrons. The Hall–Kier alpha value is -2.12. The largest absolute Gasteiger partial charge is 0.497 e. The molecule has 7 heteroatoms. The number of aliphatic hydroxyl groups excluding tert-OH is 2. The lowest BCUT2D eigenvalue weighted by atomic mass is 10.2. The molecule has 2 atom stereocenters. The van der Waals surface area contributed by atoms with E-state index in [1.165, 1.54) is 7.11 Å². The van der Waals surface area contributed by atoms with E-state index in [2.05, 4.69) is 9.97 Å². The average molecular weight is 252 g/mol. The maximum absolute atomic E-state index is 10.6. The number of carbonyl (C=O) groups is 1. The number of nitrogens with zero attached hydrogens (tertiary/aromatic N) is 1. The van der Waals surface area contributed by atoms with Crippen LogP contribution in [-0.2, 0) is 4.79 Å². The minimum Gasteiger partial charge on any atom is -0.497 e. The van der Waals surface area contributed by atoms with E-state index in [0.29, 0.717) is 16.8 Å². The van der Waals surface area contributed by atoms with Crippen LogP contribution in [0.25, 0.3) is 11.0 Å². The summed E-state index contributed by atoms with van der Waals surface area (Å²) in [7, 11) is 1.52. The minimum atomic E-state index is -1.92. The lowest BCUT2D eigenvalue weighted by molar-refractivity contribution is -0.153. The summed E-state index contributed by atoms with van der Waals surface area (Å²) in [5.74, 6) is -0.917. The van der Waals surface area contributed by atoms with Gasteiger partial charge in [0.15, 0.2) is 6.10 Å². The van der Waals surface area contributed by atoms with Crippen LogP contribution in [0, 0.1) is 0 Å². The van der Waals surface area contributed by atoms with Gasteiger partial charge in [0.25, 0.3) is 0 Å². The number of carboxylic acids is 1. The lowest BCUT2D eigenvalue weighted by Gasteiger charge is -2.10.